The Morgan fingerprint density at radius 1 is 0.909 bits per heavy atom. The first-order chi connectivity index (χ1) is 26.6. The lowest BCUT2D eigenvalue weighted by molar-refractivity contribution is -0.715. The van der Waals surface area contributed by atoms with Gasteiger partial charge < -0.3 is 30.7 Å². The molecule has 0 radical (unpaired) electrons. The van der Waals surface area contributed by atoms with Gasteiger partial charge in [0.1, 0.15) is 35.8 Å². The first-order valence-corrected chi connectivity index (χ1v) is 22.2. The largest absolute Gasteiger partial charge is 0.393 e. The van der Waals surface area contributed by atoms with E-state index in [1.807, 2.05) is 12.8 Å². The molecular weight excluding hydrogens is 693 g/mol. The molecule has 5 fully saturated rings. The van der Waals surface area contributed by atoms with Crippen molar-refractivity contribution in [2.24, 2.45) is 69.9 Å². The van der Waals surface area contributed by atoms with Gasteiger partial charge >= 0.3 is 0 Å². The number of piperidine rings is 2. The van der Waals surface area contributed by atoms with Crippen LogP contribution in [-0.4, -0.2) is 89.9 Å². The highest BCUT2D eigenvalue weighted by Gasteiger charge is 2.47. The van der Waals surface area contributed by atoms with E-state index in [1.165, 1.54) is 24.8 Å². The number of rotatable bonds is 13. The lowest BCUT2D eigenvalue weighted by atomic mass is 9.61. The highest BCUT2D eigenvalue weighted by atomic mass is 16.5. The maximum atomic E-state index is 13.8. The van der Waals surface area contributed by atoms with Crippen molar-refractivity contribution in [3.05, 3.63) is 18.2 Å². The summed E-state index contributed by atoms with van der Waals surface area (Å²) in [5, 5.41) is 38.8. The number of quaternary nitrogens is 2. The number of carbonyl (C=O) groups excluding carboxylic acids is 2. The Morgan fingerprint density at radius 2 is 1.76 bits per heavy atom. The van der Waals surface area contributed by atoms with Gasteiger partial charge in [0.05, 0.1) is 56.0 Å². The minimum Gasteiger partial charge on any atom is -0.393 e. The van der Waals surface area contributed by atoms with Gasteiger partial charge in [-0.25, -0.2) is 0 Å². The zero-order chi connectivity index (χ0) is 38.5. The third-order valence-electron chi connectivity index (χ3n) is 15.7. The van der Waals surface area contributed by atoms with E-state index in [2.05, 4.69) is 33.5 Å². The lowest BCUT2D eigenvalue weighted by Gasteiger charge is -2.47. The second-order valence-electron chi connectivity index (χ2n) is 19.0. The van der Waals surface area contributed by atoms with E-state index in [9.17, 15) is 24.9 Å². The van der Waals surface area contributed by atoms with Gasteiger partial charge in [0.2, 0.25) is 0 Å². The number of nitrogens with zero attached hydrogens (tertiary/aromatic N) is 1. The second kappa shape index (κ2) is 19.1. The normalized spacial score (nSPS) is 41.5. The number of allylic oxidation sites excluding steroid dienone is 1. The van der Waals surface area contributed by atoms with E-state index in [4.69, 9.17) is 10.5 Å². The molecule has 55 heavy (non-hydrogen) atoms. The zero-order valence-corrected chi connectivity index (χ0v) is 33.4. The van der Waals surface area contributed by atoms with Crippen LogP contribution < -0.4 is 16.4 Å². The molecule has 4 aliphatic carbocycles. The van der Waals surface area contributed by atoms with E-state index in [0.717, 1.165) is 70.4 Å². The van der Waals surface area contributed by atoms with E-state index >= 15 is 0 Å². The van der Waals surface area contributed by atoms with Crippen molar-refractivity contribution in [2.45, 2.75) is 152 Å². The minimum atomic E-state index is -0.788. The quantitative estimate of drug-likeness (QED) is 0.123. The van der Waals surface area contributed by atoms with Crippen molar-refractivity contribution in [2.75, 3.05) is 20.2 Å². The fraction of sp³-hybridized carbons (Fsp3) is 0.822. The van der Waals surface area contributed by atoms with Crippen LogP contribution in [0.2, 0.25) is 0 Å². The summed E-state index contributed by atoms with van der Waals surface area (Å²) >= 11 is 0. The summed E-state index contributed by atoms with van der Waals surface area (Å²) in [5.74, 6) is 10.5. The van der Waals surface area contributed by atoms with Gasteiger partial charge in [-0.15, -0.1) is 4.99 Å². The average Bonchev–Trinajstić information content (AvgIpc) is 3.71. The number of nitrogens with two attached hydrogens (primary N) is 3. The van der Waals surface area contributed by atoms with Crippen molar-refractivity contribution in [1.82, 2.24) is 0 Å². The number of Topliss-reactive ketones (excluding diaryl/α,β-unsaturated/α-hetero) is 2. The molecule has 0 spiro atoms. The second-order valence-corrected chi connectivity index (χ2v) is 19.0. The molecule has 2 saturated heterocycles. The third-order valence-corrected chi connectivity index (χ3v) is 15.7. The number of hydrogen-bond donors (Lipinski definition) is 6. The number of ketones is 2. The number of carbonyl (C=O) groups is 2. The number of aliphatic hydroxyl groups excluding tert-OH is 3. The molecule has 0 amide bonds. The van der Waals surface area contributed by atoms with Gasteiger partial charge in [-0.2, -0.15) is 0 Å². The standard InChI is InChI=1S/C45H69N4O6/c1-55-44-20-31-7-15-42(53)38(41(52)14-3-27-2-11-36-33(18-27)26-48-40-22-35(51)10-13-37(36)40)12-6-29(39(31)23-43(44)54)4-8-34(50)9-5-30-21-45(46)49-25-32(30)19-28-16-17-47-24-28/h16-17,24,27,29-34,36-41,43-45,48-50,52,54H,2-5,7-11,13-15,18-23,25-26,46H2,1H3/q+1/p+2/t27-,29+,30?,31?,32?,33-,34-,36+,37-,38+,39?,40+,41+,43?,44?,45?/m0/s1. The molecule has 10 nitrogen and oxygen atoms in total. The van der Waals surface area contributed by atoms with Crippen molar-refractivity contribution in [3.8, 4) is 11.8 Å². The molecule has 3 heterocycles. The number of ether oxygens (including phenoxy) is 1. The highest BCUT2D eigenvalue weighted by molar-refractivity contribution is 5.84. The SMILES string of the molecule is COC1CC2CCC(=O)[C@@H]([C@H](O)CC[C@@H]3CC[C@@H]4[C@H](C[NH2+][C@@H]5CC(=O)CC[C@@H]45)C3)C#C[C@@H](CC[C@H](O)CCC3CC(N)[NH2+]CC3CC3=C[CH+]N=C3)C2CC1O. The fourth-order valence-corrected chi connectivity index (χ4v) is 12.5. The minimum absolute atomic E-state index is 0.0398. The Bertz CT molecular complexity index is 1440. The molecule has 3 aliphatic heterocycles. The molecule has 7 aliphatic rings. The Balaban J connectivity index is 0.962. The monoisotopic (exact) mass is 764 g/mol. The molecule has 10 heteroatoms. The van der Waals surface area contributed by atoms with Crippen molar-refractivity contribution >= 4 is 17.8 Å². The summed E-state index contributed by atoms with van der Waals surface area (Å²) in [6.07, 6.45) is 17.0. The number of aliphatic imine (C=N–C) groups is 1. The van der Waals surface area contributed by atoms with Crippen LogP contribution in [0.4, 0.5) is 0 Å². The summed E-state index contributed by atoms with van der Waals surface area (Å²) in [6, 6.07) is 0.487. The summed E-state index contributed by atoms with van der Waals surface area (Å²) in [4.78, 5) is 30.1. The van der Waals surface area contributed by atoms with Crippen LogP contribution in [0.1, 0.15) is 116 Å². The predicted molar refractivity (Wildman–Crippen MR) is 211 cm³/mol. The first kappa shape index (κ1) is 41.1. The highest BCUT2D eigenvalue weighted by Crippen LogP contribution is 2.45. The molecule has 16 atom stereocenters. The summed E-state index contributed by atoms with van der Waals surface area (Å²) in [6.45, 7) is 3.97. The maximum absolute atomic E-state index is 13.8. The summed E-state index contributed by atoms with van der Waals surface area (Å²) in [7, 11) is 1.65. The average molecular weight is 764 g/mol. The Hall–Kier alpha value is -2.10. The van der Waals surface area contributed by atoms with Crippen LogP contribution in [0, 0.1) is 77.6 Å². The van der Waals surface area contributed by atoms with Crippen LogP contribution in [0.25, 0.3) is 0 Å². The number of fused-ring (bicyclic) bond motifs is 4. The molecule has 9 N–H and O–H groups in total. The number of methoxy groups -OCH3 is 1. The third kappa shape index (κ3) is 10.3. The van der Waals surface area contributed by atoms with E-state index in [-0.39, 0.29) is 35.8 Å². The summed E-state index contributed by atoms with van der Waals surface area (Å²) < 4.78 is 5.69. The Morgan fingerprint density at radius 3 is 2.58 bits per heavy atom. The molecule has 304 valence electrons. The molecule has 0 aromatic carbocycles. The smallest absolute Gasteiger partial charge is 0.176 e. The maximum Gasteiger partial charge on any atom is 0.176 e. The van der Waals surface area contributed by atoms with Gasteiger partial charge in [0, 0.05) is 56.5 Å². The lowest BCUT2D eigenvalue weighted by Crippen LogP contribution is -2.96. The van der Waals surface area contributed by atoms with Crippen LogP contribution in [0.5, 0.6) is 0 Å². The molecule has 7 unspecified atom stereocenters. The first-order valence-electron chi connectivity index (χ1n) is 22.2. The zero-order valence-electron chi connectivity index (χ0n) is 33.4. The van der Waals surface area contributed by atoms with E-state index in [0.29, 0.717) is 86.4 Å². The molecule has 0 bridgehead atoms. The molecule has 0 aromatic rings. The predicted octanol–water partition coefficient (Wildman–Crippen LogP) is 2.44. The van der Waals surface area contributed by atoms with Crippen molar-refractivity contribution in [1.29, 1.82) is 0 Å². The fourth-order valence-electron chi connectivity index (χ4n) is 12.5. The van der Waals surface area contributed by atoms with E-state index < -0.39 is 24.2 Å². The molecule has 7 rings (SSSR count). The Kier molecular flexibility index (Phi) is 14.3. The van der Waals surface area contributed by atoms with Gasteiger partial charge in [-0.3, -0.25) is 15.3 Å². The van der Waals surface area contributed by atoms with Gasteiger partial charge in [0.15, 0.2) is 6.21 Å². The summed E-state index contributed by atoms with van der Waals surface area (Å²) in [5.41, 5.74) is 7.64. The van der Waals surface area contributed by atoms with Crippen LogP contribution in [-0.2, 0) is 14.3 Å². The van der Waals surface area contributed by atoms with Crippen molar-refractivity contribution in [3.63, 3.8) is 0 Å². The topological polar surface area (TPSA) is 176 Å². The van der Waals surface area contributed by atoms with Gasteiger partial charge in [-0.1, -0.05) is 18.3 Å². The number of aliphatic hydroxyl groups is 3. The van der Waals surface area contributed by atoms with Gasteiger partial charge in [-0.05, 0) is 107 Å². The molecule has 3 saturated carbocycles. The van der Waals surface area contributed by atoms with E-state index in [1.54, 1.807) is 7.11 Å². The van der Waals surface area contributed by atoms with Crippen LogP contribution >= 0.6 is 0 Å². The Labute approximate surface area is 329 Å². The van der Waals surface area contributed by atoms with Crippen LogP contribution in [0.3, 0.4) is 0 Å². The molecular formula is C45H71N4O6+3. The van der Waals surface area contributed by atoms with Gasteiger partial charge in [0.25, 0.3) is 0 Å². The molecule has 0 aromatic heterocycles. The number of hydrogen-bond acceptors (Lipinski definition) is 8. The van der Waals surface area contributed by atoms with Crippen molar-refractivity contribution < 1.29 is 40.3 Å². The van der Waals surface area contributed by atoms with Crippen LogP contribution in [0.15, 0.2) is 16.6 Å².